The lowest BCUT2D eigenvalue weighted by Gasteiger charge is -2.25. The maximum atomic E-state index is 11.8. The monoisotopic (exact) mass is 318 g/mol. The third-order valence-corrected chi connectivity index (χ3v) is 3.54. The van der Waals surface area contributed by atoms with Crippen LogP contribution in [0.25, 0.3) is 0 Å². The summed E-state index contributed by atoms with van der Waals surface area (Å²) in [5, 5.41) is 3.11. The van der Waals surface area contributed by atoms with E-state index in [0.717, 1.165) is 11.1 Å². The van der Waals surface area contributed by atoms with Crippen molar-refractivity contribution in [3.8, 4) is 5.75 Å². The Labute approximate surface area is 133 Å². The van der Waals surface area contributed by atoms with E-state index in [-0.39, 0.29) is 6.10 Å². The van der Waals surface area contributed by atoms with Gasteiger partial charge in [0.15, 0.2) is 0 Å². The molecule has 3 rings (SSSR count). The molecule has 22 heavy (non-hydrogen) atoms. The number of carbonyl (C=O) groups excluding carboxylic acids is 1. The van der Waals surface area contributed by atoms with Gasteiger partial charge in [0.1, 0.15) is 23.6 Å². The van der Waals surface area contributed by atoms with Gasteiger partial charge in [-0.1, -0.05) is 41.9 Å². The number of hydrogen-bond donors (Lipinski definition) is 1. The Hall–Kier alpha value is -2.27. The van der Waals surface area contributed by atoms with Gasteiger partial charge in [0.25, 0.3) is 0 Å². The van der Waals surface area contributed by atoms with Crippen LogP contribution in [0.3, 0.4) is 0 Å². The molecule has 1 aromatic carbocycles. The average Bonchev–Trinajstić information content (AvgIpc) is 2.54. The van der Waals surface area contributed by atoms with Crippen molar-refractivity contribution in [2.24, 2.45) is 0 Å². The number of aromatic nitrogens is 1. The normalized spacial score (nSPS) is 16.3. The fourth-order valence-electron chi connectivity index (χ4n) is 2.25. The number of nitrogens with zero attached hydrogens (tertiary/aromatic N) is 1. The van der Waals surface area contributed by atoms with Gasteiger partial charge in [-0.05, 0) is 5.56 Å². The molecule has 0 unspecified atom stereocenters. The molecule has 1 aliphatic heterocycles. The first kappa shape index (κ1) is 14.7. The molecule has 0 radical (unpaired) electrons. The van der Waals surface area contributed by atoms with Crippen LogP contribution in [0, 0.1) is 0 Å². The van der Waals surface area contributed by atoms with Crippen molar-refractivity contribution in [2.45, 2.75) is 19.1 Å². The van der Waals surface area contributed by atoms with Crippen LogP contribution in [0.15, 0.2) is 42.6 Å². The standard InChI is InChI=1S/C16H15ClN2O3/c17-15-7-14-12(9-18-15)6-13(10-21-14)22-16(20)19-8-11-4-2-1-3-5-11/h1-5,7,9,13H,6,8,10H2,(H,19,20)/t13-/m1/s1. The summed E-state index contributed by atoms with van der Waals surface area (Å²) in [5.41, 5.74) is 1.90. The molecule has 0 fully saturated rings. The Kier molecular flexibility index (Phi) is 4.44. The number of fused-ring (bicyclic) bond motifs is 1. The third-order valence-electron chi connectivity index (χ3n) is 3.34. The topological polar surface area (TPSA) is 60.5 Å². The molecule has 1 N–H and O–H groups in total. The zero-order valence-corrected chi connectivity index (χ0v) is 12.5. The first-order chi connectivity index (χ1) is 10.7. The van der Waals surface area contributed by atoms with Crippen LogP contribution >= 0.6 is 11.6 Å². The smallest absolute Gasteiger partial charge is 0.407 e. The summed E-state index contributed by atoms with van der Waals surface area (Å²) >= 11 is 5.81. The zero-order valence-electron chi connectivity index (χ0n) is 11.8. The van der Waals surface area contributed by atoms with Gasteiger partial charge >= 0.3 is 6.09 Å². The number of nitrogens with one attached hydrogen (secondary N) is 1. The van der Waals surface area contributed by atoms with Crippen molar-refractivity contribution in [2.75, 3.05) is 6.61 Å². The molecule has 114 valence electrons. The maximum absolute atomic E-state index is 11.8. The highest BCUT2D eigenvalue weighted by atomic mass is 35.5. The molecule has 1 aromatic heterocycles. The van der Waals surface area contributed by atoms with Gasteiger partial charge in [-0.25, -0.2) is 9.78 Å². The predicted octanol–water partition coefficient (Wildman–Crippen LogP) is 2.96. The van der Waals surface area contributed by atoms with Gasteiger partial charge in [0, 0.05) is 30.8 Å². The summed E-state index contributed by atoms with van der Waals surface area (Å²) in [7, 11) is 0. The molecule has 6 heteroatoms. The number of ether oxygens (including phenoxy) is 2. The summed E-state index contributed by atoms with van der Waals surface area (Å²) in [4.78, 5) is 15.8. The Bertz CT molecular complexity index is 664. The molecule has 1 atom stereocenters. The summed E-state index contributed by atoms with van der Waals surface area (Å²) in [6.45, 7) is 0.743. The molecule has 0 bridgehead atoms. The molecule has 5 nitrogen and oxygen atoms in total. The van der Waals surface area contributed by atoms with Crippen LogP contribution in [0.1, 0.15) is 11.1 Å². The van der Waals surface area contributed by atoms with Crippen LogP contribution in [0.5, 0.6) is 5.75 Å². The summed E-state index contributed by atoms with van der Waals surface area (Å²) in [6, 6.07) is 11.3. The quantitative estimate of drug-likeness (QED) is 0.884. The van der Waals surface area contributed by atoms with Gasteiger partial charge in [-0.15, -0.1) is 0 Å². The molecule has 0 aliphatic carbocycles. The zero-order chi connectivity index (χ0) is 15.4. The first-order valence-electron chi connectivity index (χ1n) is 6.96. The molecular formula is C16H15ClN2O3. The van der Waals surface area contributed by atoms with Gasteiger partial charge < -0.3 is 14.8 Å². The van der Waals surface area contributed by atoms with E-state index in [1.807, 2.05) is 30.3 Å². The van der Waals surface area contributed by atoms with E-state index in [2.05, 4.69) is 10.3 Å². The Morgan fingerprint density at radius 2 is 2.23 bits per heavy atom. The van der Waals surface area contributed by atoms with E-state index in [1.165, 1.54) is 0 Å². The Morgan fingerprint density at radius 3 is 3.05 bits per heavy atom. The number of pyridine rings is 1. The van der Waals surface area contributed by atoms with Crippen molar-refractivity contribution >= 4 is 17.7 Å². The number of benzene rings is 1. The van der Waals surface area contributed by atoms with Crippen LogP contribution in [-0.2, 0) is 17.7 Å². The van der Waals surface area contributed by atoms with E-state index >= 15 is 0 Å². The predicted molar refractivity (Wildman–Crippen MR) is 82.0 cm³/mol. The second kappa shape index (κ2) is 6.66. The maximum Gasteiger partial charge on any atom is 0.407 e. The fraction of sp³-hybridized carbons (Fsp3) is 0.250. The number of amides is 1. The second-order valence-electron chi connectivity index (χ2n) is 5.00. The molecule has 0 saturated carbocycles. The van der Waals surface area contributed by atoms with Crippen LogP contribution in [0.2, 0.25) is 5.15 Å². The van der Waals surface area contributed by atoms with E-state index < -0.39 is 6.09 Å². The number of hydrogen-bond acceptors (Lipinski definition) is 4. The minimum absolute atomic E-state index is 0.312. The Balaban J connectivity index is 1.51. The lowest BCUT2D eigenvalue weighted by Crippen LogP contribution is -2.35. The lowest BCUT2D eigenvalue weighted by atomic mass is 10.1. The van der Waals surface area contributed by atoms with Gasteiger partial charge in [0.2, 0.25) is 0 Å². The van der Waals surface area contributed by atoms with E-state index in [1.54, 1.807) is 12.3 Å². The summed E-state index contributed by atoms with van der Waals surface area (Å²) in [5.74, 6) is 0.699. The van der Waals surface area contributed by atoms with Crippen LogP contribution < -0.4 is 10.1 Å². The van der Waals surface area contributed by atoms with E-state index in [0.29, 0.717) is 30.5 Å². The number of halogens is 1. The van der Waals surface area contributed by atoms with Crippen molar-refractivity contribution < 1.29 is 14.3 Å². The molecule has 0 spiro atoms. The highest BCUT2D eigenvalue weighted by Gasteiger charge is 2.23. The summed E-state index contributed by atoms with van der Waals surface area (Å²) < 4.78 is 10.9. The molecule has 0 saturated heterocycles. The van der Waals surface area contributed by atoms with Gasteiger partial charge in [0.05, 0.1) is 0 Å². The molecule has 1 amide bonds. The largest absolute Gasteiger partial charge is 0.489 e. The minimum atomic E-state index is -0.456. The average molecular weight is 319 g/mol. The number of rotatable bonds is 3. The molecular weight excluding hydrogens is 304 g/mol. The highest BCUT2D eigenvalue weighted by Crippen LogP contribution is 2.27. The second-order valence-corrected chi connectivity index (χ2v) is 5.38. The molecule has 2 aromatic rings. The number of carbonyl (C=O) groups is 1. The van der Waals surface area contributed by atoms with Crippen molar-refractivity contribution in [1.29, 1.82) is 0 Å². The highest BCUT2D eigenvalue weighted by molar-refractivity contribution is 6.29. The van der Waals surface area contributed by atoms with Crippen LogP contribution in [0.4, 0.5) is 4.79 Å². The third kappa shape index (κ3) is 3.68. The van der Waals surface area contributed by atoms with Gasteiger partial charge in [-0.2, -0.15) is 0 Å². The lowest BCUT2D eigenvalue weighted by molar-refractivity contribution is 0.0553. The molecule has 1 aliphatic rings. The molecule has 2 heterocycles. The van der Waals surface area contributed by atoms with E-state index in [4.69, 9.17) is 21.1 Å². The van der Waals surface area contributed by atoms with E-state index in [9.17, 15) is 4.79 Å². The van der Waals surface area contributed by atoms with Crippen molar-refractivity contribution in [1.82, 2.24) is 10.3 Å². The fourth-order valence-corrected chi connectivity index (χ4v) is 2.40. The number of alkyl carbamates (subject to hydrolysis) is 1. The summed E-state index contributed by atoms with van der Waals surface area (Å²) in [6.07, 6.45) is 1.43. The van der Waals surface area contributed by atoms with Crippen molar-refractivity contribution in [3.05, 3.63) is 58.9 Å². The SMILES string of the molecule is O=C(NCc1ccccc1)O[C@H]1COc2cc(Cl)ncc2C1. The Morgan fingerprint density at radius 1 is 1.41 bits per heavy atom. The van der Waals surface area contributed by atoms with Gasteiger partial charge in [-0.3, -0.25) is 0 Å². The first-order valence-corrected chi connectivity index (χ1v) is 7.34. The van der Waals surface area contributed by atoms with Crippen LogP contribution in [-0.4, -0.2) is 23.8 Å². The van der Waals surface area contributed by atoms with Crippen molar-refractivity contribution in [3.63, 3.8) is 0 Å². The minimum Gasteiger partial charge on any atom is -0.489 e.